The third kappa shape index (κ3) is 3.90. The second-order valence-electron chi connectivity index (χ2n) is 7.45. The van der Waals surface area contributed by atoms with E-state index >= 15 is 0 Å². The molecule has 148 valence electrons. The number of carbonyl (C=O) groups excluding carboxylic acids is 1. The van der Waals surface area contributed by atoms with Gasteiger partial charge in [-0.25, -0.2) is 14.5 Å². The van der Waals surface area contributed by atoms with Gasteiger partial charge in [0.2, 0.25) is 0 Å². The lowest BCUT2D eigenvalue weighted by molar-refractivity contribution is -0.139. The van der Waals surface area contributed by atoms with Crippen molar-refractivity contribution in [2.45, 2.75) is 46.2 Å². The molecule has 1 atom stereocenters. The first-order valence-corrected chi connectivity index (χ1v) is 9.23. The Morgan fingerprint density at radius 1 is 1.29 bits per heavy atom. The highest BCUT2D eigenvalue weighted by Gasteiger charge is 2.25. The number of furan rings is 1. The van der Waals surface area contributed by atoms with Crippen molar-refractivity contribution in [2.75, 3.05) is 0 Å². The van der Waals surface area contributed by atoms with Gasteiger partial charge in [0.25, 0.3) is 5.91 Å². The molecule has 3 aromatic heterocycles. The summed E-state index contributed by atoms with van der Waals surface area (Å²) in [6.07, 6.45) is 3.46. The lowest BCUT2D eigenvalue weighted by atomic mass is 10.0. The van der Waals surface area contributed by atoms with Gasteiger partial charge in [-0.3, -0.25) is 4.79 Å². The van der Waals surface area contributed by atoms with E-state index in [1.54, 1.807) is 29.1 Å². The summed E-state index contributed by atoms with van der Waals surface area (Å²) in [6, 6.07) is 4.18. The monoisotopic (exact) mass is 384 g/mol. The van der Waals surface area contributed by atoms with Crippen LogP contribution in [0.4, 0.5) is 0 Å². The molecule has 8 heteroatoms. The molecule has 0 aromatic carbocycles. The summed E-state index contributed by atoms with van der Waals surface area (Å²) in [4.78, 5) is 29.2. The SMILES string of the molecule is CC(C)C[C@@H](NC(=O)c1cc(-c2ccco2)nc2c1cnn2C(C)C)C(=O)O. The van der Waals surface area contributed by atoms with Gasteiger partial charge in [-0.2, -0.15) is 5.10 Å². The van der Waals surface area contributed by atoms with E-state index in [0.29, 0.717) is 34.5 Å². The fourth-order valence-corrected chi connectivity index (χ4v) is 3.06. The van der Waals surface area contributed by atoms with Gasteiger partial charge in [-0.1, -0.05) is 13.8 Å². The van der Waals surface area contributed by atoms with Crippen LogP contribution in [0.25, 0.3) is 22.5 Å². The number of aromatic nitrogens is 3. The number of pyridine rings is 1. The fraction of sp³-hybridized carbons (Fsp3) is 0.400. The van der Waals surface area contributed by atoms with Crippen LogP contribution in [0.15, 0.2) is 35.1 Å². The molecule has 0 aliphatic carbocycles. The van der Waals surface area contributed by atoms with Gasteiger partial charge < -0.3 is 14.8 Å². The van der Waals surface area contributed by atoms with Gasteiger partial charge in [-0.05, 0) is 44.4 Å². The number of aliphatic carboxylic acids is 1. The minimum atomic E-state index is -1.06. The molecule has 0 fully saturated rings. The molecule has 0 saturated carbocycles. The number of carboxylic acids is 1. The van der Waals surface area contributed by atoms with E-state index in [4.69, 9.17) is 4.42 Å². The van der Waals surface area contributed by atoms with Gasteiger partial charge in [0.15, 0.2) is 11.4 Å². The molecule has 28 heavy (non-hydrogen) atoms. The first-order valence-electron chi connectivity index (χ1n) is 9.23. The van der Waals surface area contributed by atoms with Crippen molar-refractivity contribution in [3.05, 3.63) is 36.2 Å². The summed E-state index contributed by atoms with van der Waals surface area (Å²) in [6.45, 7) is 7.76. The zero-order chi connectivity index (χ0) is 20.4. The van der Waals surface area contributed by atoms with Crippen LogP contribution in [0.1, 0.15) is 50.5 Å². The number of hydrogen-bond donors (Lipinski definition) is 2. The van der Waals surface area contributed by atoms with Crippen LogP contribution in [0, 0.1) is 5.92 Å². The molecule has 0 radical (unpaired) electrons. The summed E-state index contributed by atoms with van der Waals surface area (Å²) in [5.74, 6) is -0.890. The van der Waals surface area contributed by atoms with Crippen LogP contribution in [-0.4, -0.2) is 37.8 Å². The van der Waals surface area contributed by atoms with Gasteiger partial charge in [0.1, 0.15) is 11.7 Å². The molecular formula is C20H24N4O4. The molecule has 0 unspecified atom stereocenters. The molecule has 0 saturated heterocycles. The minimum Gasteiger partial charge on any atom is -0.480 e. The maximum absolute atomic E-state index is 13.0. The highest BCUT2D eigenvalue weighted by Crippen LogP contribution is 2.26. The van der Waals surface area contributed by atoms with Crippen molar-refractivity contribution in [1.29, 1.82) is 0 Å². The number of fused-ring (bicyclic) bond motifs is 1. The van der Waals surface area contributed by atoms with Gasteiger partial charge in [0, 0.05) is 6.04 Å². The minimum absolute atomic E-state index is 0.0421. The Morgan fingerprint density at radius 2 is 2.04 bits per heavy atom. The maximum atomic E-state index is 13.0. The third-order valence-corrected chi connectivity index (χ3v) is 4.38. The zero-order valence-corrected chi connectivity index (χ0v) is 16.3. The lowest BCUT2D eigenvalue weighted by Crippen LogP contribution is -2.41. The summed E-state index contributed by atoms with van der Waals surface area (Å²) in [7, 11) is 0. The van der Waals surface area contributed by atoms with Crippen LogP contribution in [0.2, 0.25) is 0 Å². The molecule has 3 aromatic rings. The summed E-state index contributed by atoms with van der Waals surface area (Å²) in [5, 5.41) is 17.0. The van der Waals surface area contributed by atoms with Crippen molar-refractivity contribution in [1.82, 2.24) is 20.1 Å². The first kappa shape index (κ1) is 19.6. The maximum Gasteiger partial charge on any atom is 0.326 e. The Hall–Kier alpha value is -3.16. The Balaban J connectivity index is 2.08. The van der Waals surface area contributed by atoms with Gasteiger partial charge in [-0.15, -0.1) is 0 Å². The molecule has 0 aliphatic rings. The Morgan fingerprint density at radius 3 is 2.61 bits per heavy atom. The number of hydrogen-bond acceptors (Lipinski definition) is 5. The molecule has 0 aliphatic heterocycles. The topological polar surface area (TPSA) is 110 Å². The highest BCUT2D eigenvalue weighted by atomic mass is 16.4. The van der Waals surface area contributed by atoms with Crippen molar-refractivity contribution in [3.63, 3.8) is 0 Å². The molecule has 2 N–H and O–H groups in total. The second-order valence-corrected chi connectivity index (χ2v) is 7.45. The van der Waals surface area contributed by atoms with E-state index < -0.39 is 17.9 Å². The van der Waals surface area contributed by atoms with E-state index in [-0.39, 0.29) is 12.0 Å². The van der Waals surface area contributed by atoms with E-state index in [1.165, 1.54) is 6.26 Å². The van der Waals surface area contributed by atoms with E-state index in [0.717, 1.165) is 0 Å². The standard InChI is InChI=1S/C20H24N4O4/c1-11(2)8-16(20(26)27)23-19(25)13-9-15(17-6-5-7-28-17)22-18-14(13)10-21-24(18)12(3)4/h5-7,9-12,16H,8H2,1-4H3,(H,23,25)(H,26,27)/t16-/m1/s1. The smallest absolute Gasteiger partial charge is 0.326 e. The summed E-state index contributed by atoms with van der Waals surface area (Å²) >= 11 is 0. The Kier molecular flexibility index (Phi) is 5.48. The molecule has 1 amide bonds. The van der Waals surface area contributed by atoms with Crippen LogP contribution >= 0.6 is 0 Å². The Labute approximate surface area is 162 Å². The van der Waals surface area contributed by atoms with Crippen LogP contribution < -0.4 is 5.32 Å². The largest absolute Gasteiger partial charge is 0.480 e. The van der Waals surface area contributed by atoms with Crippen molar-refractivity contribution < 1.29 is 19.1 Å². The number of carbonyl (C=O) groups is 2. The van der Waals surface area contributed by atoms with Crippen molar-refractivity contribution in [2.24, 2.45) is 5.92 Å². The average molecular weight is 384 g/mol. The molecule has 3 rings (SSSR count). The van der Waals surface area contributed by atoms with Gasteiger partial charge >= 0.3 is 5.97 Å². The van der Waals surface area contributed by atoms with Crippen LogP contribution in [-0.2, 0) is 4.79 Å². The number of amides is 1. The number of nitrogens with zero attached hydrogens (tertiary/aromatic N) is 3. The molecule has 0 bridgehead atoms. The van der Waals surface area contributed by atoms with Crippen LogP contribution in [0.3, 0.4) is 0 Å². The first-order chi connectivity index (χ1) is 13.3. The third-order valence-electron chi connectivity index (χ3n) is 4.38. The zero-order valence-electron chi connectivity index (χ0n) is 16.3. The quantitative estimate of drug-likeness (QED) is 0.645. The predicted molar refractivity (Wildman–Crippen MR) is 104 cm³/mol. The normalized spacial score (nSPS) is 12.6. The lowest BCUT2D eigenvalue weighted by Gasteiger charge is -2.17. The van der Waals surface area contributed by atoms with E-state index in [1.807, 2.05) is 27.7 Å². The fourth-order valence-electron chi connectivity index (χ4n) is 3.06. The van der Waals surface area contributed by atoms with E-state index in [2.05, 4.69) is 15.4 Å². The van der Waals surface area contributed by atoms with Crippen molar-refractivity contribution >= 4 is 22.9 Å². The summed E-state index contributed by atoms with van der Waals surface area (Å²) < 4.78 is 7.16. The molecule has 8 nitrogen and oxygen atoms in total. The predicted octanol–water partition coefficient (Wildman–Crippen LogP) is 3.50. The van der Waals surface area contributed by atoms with Gasteiger partial charge in [0.05, 0.1) is 23.4 Å². The second kappa shape index (κ2) is 7.84. The van der Waals surface area contributed by atoms with Crippen LogP contribution in [0.5, 0.6) is 0 Å². The molecule has 0 spiro atoms. The molecular weight excluding hydrogens is 360 g/mol. The highest BCUT2D eigenvalue weighted by molar-refractivity contribution is 6.07. The summed E-state index contributed by atoms with van der Waals surface area (Å²) in [5.41, 5.74) is 1.35. The van der Waals surface area contributed by atoms with Crippen molar-refractivity contribution in [3.8, 4) is 11.5 Å². The Bertz CT molecular complexity index is 989. The number of carboxylic acid groups (broad SMARTS) is 1. The molecule has 3 heterocycles. The number of rotatable bonds is 7. The number of nitrogens with one attached hydrogen (secondary N) is 1. The van der Waals surface area contributed by atoms with E-state index in [9.17, 15) is 14.7 Å². The average Bonchev–Trinajstić information content (AvgIpc) is 3.29.